The van der Waals surface area contributed by atoms with Gasteiger partial charge in [-0.3, -0.25) is 14.8 Å². The molecule has 2 fully saturated rings. The van der Waals surface area contributed by atoms with Gasteiger partial charge >= 0.3 is 0 Å². The quantitative estimate of drug-likeness (QED) is 0.511. The van der Waals surface area contributed by atoms with Gasteiger partial charge in [-0.25, -0.2) is 0 Å². The van der Waals surface area contributed by atoms with Crippen LogP contribution in [0.3, 0.4) is 0 Å². The number of nitrogens with one attached hydrogen (secondary N) is 2. The normalized spacial score (nSPS) is 21.6. The number of aliphatic imine (C=N–C) groups is 1. The van der Waals surface area contributed by atoms with Gasteiger partial charge in [-0.15, -0.1) is 11.3 Å². The molecule has 0 bridgehead atoms. The minimum atomic E-state index is 0.458. The Kier molecular flexibility index (Phi) is 9.05. The SMILES string of the molecule is CCNC(=NCC(C)N1CCOCC1)NCC1CCN(Cc2cccs2)CC1. The summed E-state index contributed by atoms with van der Waals surface area (Å²) in [6, 6.07) is 4.85. The molecular weight excluding hydrogens is 370 g/mol. The molecule has 0 aromatic carbocycles. The summed E-state index contributed by atoms with van der Waals surface area (Å²) in [5.74, 6) is 1.70. The van der Waals surface area contributed by atoms with Crippen LogP contribution in [0.15, 0.2) is 22.5 Å². The van der Waals surface area contributed by atoms with Crippen LogP contribution in [0.5, 0.6) is 0 Å². The van der Waals surface area contributed by atoms with Crippen molar-refractivity contribution in [2.45, 2.75) is 39.3 Å². The second kappa shape index (κ2) is 11.8. The highest BCUT2D eigenvalue weighted by atomic mass is 32.1. The van der Waals surface area contributed by atoms with Gasteiger partial charge in [0.25, 0.3) is 0 Å². The van der Waals surface area contributed by atoms with Gasteiger partial charge in [-0.2, -0.15) is 0 Å². The highest BCUT2D eigenvalue weighted by molar-refractivity contribution is 7.09. The molecule has 2 N–H and O–H groups in total. The van der Waals surface area contributed by atoms with Crippen LogP contribution < -0.4 is 10.6 Å². The maximum atomic E-state index is 5.45. The Morgan fingerprint density at radius 2 is 2.04 bits per heavy atom. The topological polar surface area (TPSA) is 52.1 Å². The molecule has 2 aliphatic heterocycles. The van der Waals surface area contributed by atoms with Gasteiger partial charge in [0.1, 0.15) is 0 Å². The number of hydrogen-bond donors (Lipinski definition) is 2. The van der Waals surface area contributed by atoms with E-state index in [1.807, 2.05) is 11.3 Å². The third-order valence-corrected chi connectivity index (χ3v) is 6.61. The molecule has 0 aliphatic carbocycles. The van der Waals surface area contributed by atoms with E-state index in [-0.39, 0.29) is 0 Å². The second-order valence-electron chi connectivity index (χ2n) is 7.90. The van der Waals surface area contributed by atoms with E-state index in [0.29, 0.717) is 6.04 Å². The lowest BCUT2D eigenvalue weighted by Gasteiger charge is -2.32. The van der Waals surface area contributed by atoms with Crippen molar-refractivity contribution in [1.29, 1.82) is 0 Å². The zero-order valence-corrected chi connectivity index (χ0v) is 18.3. The Bertz CT molecular complexity index is 565. The van der Waals surface area contributed by atoms with Crippen molar-refractivity contribution < 1.29 is 4.74 Å². The molecule has 28 heavy (non-hydrogen) atoms. The summed E-state index contributed by atoms with van der Waals surface area (Å²) in [7, 11) is 0. The van der Waals surface area contributed by atoms with Crippen molar-refractivity contribution in [3.05, 3.63) is 22.4 Å². The van der Waals surface area contributed by atoms with Crippen molar-refractivity contribution >= 4 is 17.3 Å². The fraction of sp³-hybridized carbons (Fsp3) is 0.762. The monoisotopic (exact) mass is 407 g/mol. The molecule has 0 saturated carbocycles. The van der Waals surface area contributed by atoms with Crippen LogP contribution in [0.4, 0.5) is 0 Å². The number of likely N-dealkylation sites (tertiary alicyclic amines) is 1. The van der Waals surface area contributed by atoms with E-state index in [1.165, 1.54) is 30.8 Å². The molecule has 0 spiro atoms. The average Bonchev–Trinajstić information content (AvgIpc) is 3.24. The Hall–Kier alpha value is -1.15. The number of thiophene rings is 1. The predicted molar refractivity (Wildman–Crippen MR) is 118 cm³/mol. The summed E-state index contributed by atoms with van der Waals surface area (Å²) in [6.07, 6.45) is 2.53. The minimum Gasteiger partial charge on any atom is -0.379 e. The van der Waals surface area contributed by atoms with E-state index in [0.717, 1.165) is 64.4 Å². The number of guanidine groups is 1. The molecule has 158 valence electrons. The molecule has 1 unspecified atom stereocenters. The minimum absolute atomic E-state index is 0.458. The lowest BCUT2D eigenvalue weighted by atomic mass is 9.97. The first kappa shape index (κ1) is 21.6. The lowest BCUT2D eigenvalue weighted by Crippen LogP contribution is -2.45. The molecule has 1 aromatic heterocycles. The van der Waals surface area contributed by atoms with E-state index >= 15 is 0 Å². The Balaban J connectivity index is 1.38. The van der Waals surface area contributed by atoms with Gasteiger partial charge in [0.05, 0.1) is 19.8 Å². The predicted octanol–water partition coefficient (Wildman–Crippen LogP) is 2.24. The van der Waals surface area contributed by atoms with Crippen LogP contribution in [0, 0.1) is 5.92 Å². The molecule has 0 radical (unpaired) electrons. The molecule has 6 nitrogen and oxygen atoms in total. The second-order valence-corrected chi connectivity index (χ2v) is 8.93. The summed E-state index contributed by atoms with van der Waals surface area (Å²) < 4.78 is 5.45. The molecule has 2 saturated heterocycles. The Morgan fingerprint density at radius 1 is 1.25 bits per heavy atom. The van der Waals surface area contributed by atoms with E-state index in [2.05, 4.69) is 51.8 Å². The number of piperidine rings is 1. The summed E-state index contributed by atoms with van der Waals surface area (Å²) >= 11 is 1.87. The molecule has 1 atom stereocenters. The molecule has 2 aliphatic rings. The van der Waals surface area contributed by atoms with Crippen LogP contribution in [-0.2, 0) is 11.3 Å². The molecule has 3 heterocycles. The number of rotatable bonds is 8. The van der Waals surface area contributed by atoms with Crippen LogP contribution in [0.1, 0.15) is 31.6 Å². The summed E-state index contributed by atoms with van der Waals surface area (Å²) in [6.45, 7) is 14.4. The molecule has 7 heteroatoms. The van der Waals surface area contributed by atoms with E-state index in [9.17, 15) is 0 Å². The molecule has 0 amide bonds. The van der Waals surface area contributed by atoms with Crippen LogP contribution in [-0.4, -0.2) is 80.8 Å². The van der Waals surface area contributed by atoms with Crippen LogP contribution >= 0.6 is 11.3 Å². The maximum Gasteiger partial charge on any atom is 0.191 e. The molecule has 3 rings (SSSR count). The fourth-order valence-corrected chi connectivity index (χ4v) is 4.66. The van der Waals surface area contributed by atoms with E-state index < -0.39 is 0 Å². The number of nitrogens with zero attached hydrogens (tertiary/aromatic N) is 3. The fourth-order valence-electron chi connectivity index (χ4n) is 3.91. The van der Waals surface area contributed by atoms with Crippen molar-refractivity contribution in [2.24, 2.45) is 10.9 Å². The number of ether oxygens (including phenoxy) is 1. The first-order valence-electron chi connectivity index (χ1n) is 10.8. The zero-order chi connectivity index (χ0) is 19.6. The number of morpholine rings is 1. The number of hydrogen-bond acceptors (Lipinski definition) is 5. The zero-order valence-electron chi connectivity index (χ0n) is 17.5. The van der Waals surface area contributed by atoms with Crippen molar-refractivity contribution in [2.75, 3.05) is 59.0 Å². The highest BCUT2D eigenvalue weighted by Crippen LogP contribution is 2.20. The lowest BCUT2D eigenvalue weighted by molar-refractivity contribution is 0.0220. The van der Waals surface area contributed by atoms with Gasteiger partial charge in [0.15, 0.2) is 5.96 Å². The maximum absolute atomic E-state index is 5.45. The van der Waals surface area contributed by atoms with Gasteiger partial charge < -0.3 is 15.4 Å². The summed E-state index contributed by atoms with van der Waals surface area (Å²) in [5.41, 5.74) is 0. The summed E-state index contributed by atoms with van der Waals surface area (Å²) in [5, 5.41) is 9.17. The van der Waals surface area contributed by atoms with Crippen molar-refractivity contribution in [3.63, 3.8) is 0 Å². The Labute approximate surface area is 174 Å². The largest absolute Gasteiger partial charge is 0.379 e. The third kappa shape index (κ3) is 7.03. The highest BCUT2D eigenvalue weighted by Gasteiger charge is 2.20. The van der Waals surface area contributed by atoms with Crippen molar-refractivity contribution in [3.8, 4) is 0 Å². The van der Waals surface area contributed by atoms with Crippen LogP contribution in [0.2, 0.25) is 0 Å². The van der Waals surface area contributed by atoms with Gasteiger partial charge in [0, 0.05) is 43.6 Å². The van der Waals surface area contributed by atoms with Gasteiger partial charge in [-0.1, -0.05) is 6.07 Å². The van der Waals surface area contributed by atoms with E-state index in [4.69, 9.17) is 9.73 Å². The van der Waals surface area contributed by atoms with Gasteiger partial charge in [0.2, 0.25) is 0 Å². The average molecular weight is 408 g/mol. The standard InChI is InChI=1S/C21H37N5OS/c1-3-22-21(23-15-18(2)26-10-12-27-13-11-26)24-16-19-6-8-25(9-7-19)17-20-5-4-14-28-20/h4-5,14,18-19H,3,6-13,15-17H2,1-2H3,(H2,22,23,24). The third-order valence-electron chi connectivity index (χ3n) is 5.75. The molecular formula is C21H37N5OS. The summed E-state index contributed by atoms with van der Waals surface area (Å²) in [4.78, 5) is 11.4. The van der Waals surface area contributed by atoms with Gasteiger partial charge in [-0.05, 0) is 57.1 Å². The van der Waals surface area contributed by atoms with Crippen LogP contribution in [0.25, 0.3) is 0 Å². The van der Waals surface area contributed by atoms with E-state index in [1.54, 1.807) is 0 Å². The smallest absolute Gasteiger partial charge is 0.191 e. The first-order valence-corrected chi connectivity index (χ1v) is 11.7. The first-order chi connectivity index (χ1) is 13.7. The Morgan fingerprint density at radius 3 is 2.71 bits per heavy atom. The van der Waals surface area contributed by atoms with Crippen molar-refractivity contribution in [1.82, 2.24) is 20.4 Å². The molecule has 1 aromatic rings.